The number of benzene rings is 1. The summed E-state index contributed by atoms with van der Waals surface area (Å²) in [5.41, 5.74) is 1.88. The molecule has 0 radical (unpaired) electrons. The fourth-order valence-corrected chi connectivity index (χ4v) is 3.16. The zero-order valence-corrected chi connectivity index (χ0v) is 13.0. The summed E-state index contributed by atoms with van der Waals surface area (Å²) < 4.78 is 0. The van der Waals surface area contributed by atoms with Crippen molar-refractivity contribution < 1.29 is 9.59 Å². The Kier molecular flexibility index (Phi) is 5.54. The van der Waals surface area contributed by atoms with Crippen molar-refractivity contribution in [1.82, 2.24) is 5.32 Å². The summed E-state index contributed by atoms with van der Waals surface area (Å²) in [7, 11) is 0. The zero-order valence-electron chi connectivity index (χ0n) is 13.0. The van der Waals surface area contributed by atoms with Crippen LogP contribution in [0.25, 0.3) is 0 Å². The minimum absolute atomic E-state index is 0.0288. The summed E-state index contributed by atoms with van der Waals surface area (Å²) in [5.74, 6) is 1.10. The Morgan fingerprint density at radius 2 is 1.81 bits per heavy atom. The molecule has 1 aliphatic carbocycles. The van der Waals surface area contributed by atoms with Gasteiger partial charge in [0.25, 0.3) is 5.91 Å². The van der Waals surface area contributed by atoms with Gasteiger partial charge in [0, 0.05) is 18.0 Å². The highest BCUT2D eigenvalue weighted by atomic mass is 16.1. The van der Waals surface area contributed by atoms with Gasteiger partial charge >= 0.3 is 0 Å². The highest BCUT2D eigenvalue weighted by Crippen LogP contribution is 2.28. The van der Waals surface area contributed by atoms with Gasteiger partial charge in [0.1, 0.15) is 5.78 Å². The van der Waals surface area contributed by atoms with E-state index in [-0.39, 0.29) is 11.8 Å². The molecule has 0 aliphatic heterocycles. The van der Waals surface area contributed by atoms with Gasteiger partial charge in [0.15, 0.2) is 0 Å². The second-order valence-corrected chi connectivity index (χ2v) is 6.05. The molecule has 1 aromatic rings. The molecule has 0 unspecified atom stereocenters. The summed E-state index contributed by atoms with van der Waals surface area (Å²) in [6.45, 7) is 4.48. The lowest BCUT2D eigenvalue weighted by Crippen LogP contribution is -2.32. The molecule has 0 heterocycles. The molecule has 21 heavy (non-hydrogen) atoms. The first kappa shape index (κ1) is 15.7. The average Bonchev–Trinajstić information content (AvgIpc) is 2.52. The Balaban J connectivity index is 1.84. The number of nitrogens with one attached hydrogen (secondary N) is 1. The fraction of sp³-hybridized carbons (Fsp3) is 0.556. The molecule has 1 aromatic carbocycles. The molecule has 0 atom stereocenters. The van der Waals surface area contributed by atoms with Crippen molar-refractivity contribution in [3.63, 3.8) is 0 Å². The van der Waals surface area contributed by atoms with Crippen LogP contribution < -0.4 is 5.32 Å². The molecule has 3 heteroatoms. The predicted octanol–water partition coefficient (Wildman–Crippen LogP) is 3.37. The van der Waals surface area contributed by atoms with Gasteiger partial charge in [-0.1, -0.05) is 25.1 Å². The molecule has 0 spiro atoms. The van der Waals surface area contributed by atoms with E-state index in [1.165, 1.54) is 0 Å². The molecular weight excluding hydrogens is 262 g/mol. The molecule has 1 aliphatic rings. The molecule has 0 bridgehead atoms. The number of carbonyl (C=O) groups is 2. The van der Waals surface area contributed by atoms with Crippen molar-refractivity contribution in [1.29, 1.82) is 0 Å². The average molecular weight is 287 g/mol. The van der Waals surface area contributed by atoms with Crippen LogP contribution >= 0.6 is 0 Å². The first-order chi connectivity index (χ1) is 10.1. The van der Waals surface area contributed by atoms with Crippen LogP contribution in [-0.2, 0) is 11.2 Å². The van der Waals surface area contributed by atoms with E-state index in [0.717, 1.165) is 49.8 Å². The molecule has 1 N–H and O–H groups in total. The van der Waals surface area contributed by atoms with Crippen LogP contribution in [0, 0.1) is 11.8 Å². The third kappa shape index (κ3) is 4.16. The number of ketones is 1. The van der Waals surface area contributed by atoms with E-state index in [1.54, 1.807) is 6.92 Å². The Morgan fingerprint density at radius 1 is 1.14 bits per heavy atom. The third-order valence-corrected chi connectivity index (χ3v) is 4.62. The Labute approximate surface area is 127 Å². The first-order valence-corrected chi connectivity index (χ1v) is 7.98. The van der Waals surface area contributed by atoms with Crippen molar-refractivity contribution in [2.24, 2.45) is 11.8 Å². The van der Waals surface area contributed by atoms with Gasteiger partial charge in [0.2, 0.25) is 0 Å². The van der Waals surface area contributed by atoms with E-state index in [9.17, 15) is 9.59 Å². The summed E-state index contributed by atoms with van der Waals surface area (Å²) in [6, 6.07) is 7.78. The van der Waals surface area contributed by atoms with Gasteiger partial charge < -0.3 is 5.32 Å². The summed E-state index contributed by atoms with van der Waals surface area (Å²) in [5, 5.41) is 3.06. The molecule has 114 valence electrons. The molecule has 1 saturated carbocycles. The lowest BCUT2D eigenvalue weighted by atomic mass is 9.80. The highest BCUT2D eigenvalue weighted by Gasteiger charge is 2.24. The van der Waals surface area contributed by atoms with Gasteiger partial charge in [-0.05, 0) is 56.6 Å². The van der Waals surface area contributed by atoms with Gasteiger partial charge in [-0.2, -0.15) is 0 Å². The molecule has 0 saturated heterocycles. The van der Waals surface area contributed by atoms with E-state index in [4.69, 9.17) is 0 Å². The monoisotopic (exact) mass is 287 g/mol. The minimum Gasteiger partial charge on any atom is -0.352 e. The van der Waals surface area contributed by atoms with Gasteiger partial charge in [-0.25, -0.2) is 0 Å². The topological polar surface area (TPSA) is 46.2 Å². The number of rotatable bonds is 5. The van der Waals surface area contributed by atoms with E-state index in [0.29, 0.717) is 11.7 Å². The van der Waals surface area contributed by atoms with Crippen LogP contribution in [0.15, 0.2) is 24.3 Å². The van der Waals surface area contributed by atoms with Gasteiger partial charge in [-0.15, -0.1) is 0 Å². The normalized spacial score (nSPS) is 21.8. The van der Waals surface area contributed by atoms with Crippen LogP contribution in [0.4, 0.5) is 0 Å². The van der Waals surface area contributed by atoms with Crippen LogP contribution in [0.3, 0.4) is 0 Å². The number of hydrogen-bond donors (Lipinski definition) is 1. The summed E-state index contributed by atoms with van der Waals surface area (Å²) >= 11 is 0. The van der Waals surface area contributed by atoms with Gasteiger partial charge in [-0.3, -0.25) is 9.59 Å². The molecular formula is C18H25NO2. The van der Waals surface area contributed by atoms with E-state index >= 15 is 0 Å². The van der Waals surface area contributed by atoms with E-state index in [2.05, 4.69) is 12.2 Å². The number of carbonyl (C=O) groups excluding carboxylic acids is 2. The van der Waals surface area contributed by atoms with Crippen molar-refractivity contribution in [3.05, 3.63) is 35.4 Å². The quantitative estimate of drug-likeness (QED) is 0.902. The fourth-order valence-electron chi connectivity index (χ4n) is 3.16. The lowest BCUT2D eigenvalue weighted by molar-refractivity contribution is -0.121. The van der Waals surface area contributed by atoms with Gasteiger partial charge in [0.05, 0.1) is 0 Å². The maximum atomic E-state index is 12.3. The Morgan fingerprint density at radius 3 is 2.43 bits per heavy atom. The predicted molar refractivity (Wildman–Crippen MR) is 84.3 cm³/mol. The Hall–Kier alpha value is -1.64. The minimum atomic E-state index is 0.0288. The number of Topliss-reactive ketones (excluding diaryl/α,β-unsaturated/α-hetero) is 1. The number of hydrogen-bond acceptors (Lipinski definition) is 2. The largest absolute Gasteiger partial charge is 0.352 e. The second-order valence-electron chi connectivity index (χ2n) is 6.05. The number of aryl methyl sites for hydroxylation is 1. The van der Waals surface area contributed by atoms with Crippen molar-refractivity contribution >= 4 is 11.7 Å². The van der Waals surface area contributed by atoms with E-state index in [1.807, 2.05) is 24.3 Å². The first-order valence-electron chi connectivity index (χ1n) is 7.98. The van der Waals surface area contributed by atoms with Crippen molar-refractivity contribution in [3.8, 4) is 0 Å². The second kappa shape index (κ2) is 7.39. The SMILES string of the molecule is CCc1ccccc1C(=O)NCC1CCC(C(C)=O)CC1. The highest BCUT2D eigenvalue weighted by molar-refractivity contribution is 5.95. The van der Waals surface area contributed by atoms with Crippen LogP contribution in [0.5, 0.6) is 0 Å². The molecule has 3 nitrogen and oxygen atoms in total. The standard InChI is InChI=1S/C18H25NO2/c1-3-15-6-4-5-7-17(15)18(21)19-12-14-8-10-16(11-9-14)13(2)20/h4-7,14,16H,3,8-12H2,1-2H3,(H,19,21). The lowest BCUT2D eigenvalue weighted by Gasteiger charge is -2.27. The maximum Gasteiger partial charge on any atom is 0.251 e. The summed E-state index contributed by atoms with van der Waals surface area (Å²) in [4.78, 5) is 23.6. The van der Waals surface area contributed by atoms with Crippen LogP contribution in [0.1, 0.15) is 55.5 Å². The van der Waals surface area contributed by atoms with Crippen LogP contribution in [-0.4, -0.2) is 18.2 Å². The molecule has 2 rings (SSSR count). The Bertz CT molecular complexity index is 502. The molecule has 0 aromatic heterocycles. The van der Waals surface area contributed by atoms with Crippen molar-refractivity contribution in [2.75, 3.05) is 6.54 Å². The summed E-state index contributed by atoms with van der Waals surface area (Å²) in [6.07, 6.45) is 4.90. The van der Waals surface area contributed by atoms with Crippen molar-refractivity contribution in [2.45, 2.75) is 46.0 Å². The maximum absolute atomic E-state index is 12.3. The molecule has 1 amide bonds. The van der Waals surface area contributed by atoms with Crippen LogP contribution in [0.2, 0.25) is 0 Å². The smallest absolute Gasteiger partial charge is 0.251 e. The van der Waals surface area contributed by atoms with E-state index < -0.39 is 0 Å². The number of amides is 1. The zero-order chi connectivity index (χ0) is 15.2. The molecule has 1 fully saturated rings. The third-order valence-electron chi connectivity index (χ3n) is 4.62.